The normalized spacial score (nSPS) is 21.9. The Hall–Kier alpha value is -0.730. The van der Waals surface area contributed by atoms with Crippen LogP contribution >= 0.6 is 11.6 Å². The van der Waals surface area contributed by atoms with E-state index in [0.29, 0.717) is 5.92 Å². The van der Waals surface area contributed by atoms with E-state index >= 15 is 0 Å². The standard InChI is InChI=1S/C15H21ClO2/c1-11(2)18-14-7-5-12(6-8-14)15(16)13-4-3-9-17-10-13/h5-8,11,13,15H,3-4,9-10H2,1-2H3. The smallest absolute Gasteiger partial charge is 0.119 e. The Kier molecular flexibility index (Phi) is 4.90. The average molecular weight is 269 g/mol. The second-order valence-electron chi connectivity index (χ2n) is 5.11. The molecule has 2 rings (SSSR count). The highest BCUT2D eigenvalue weighted by Crippen LogP contribution is 2.34. The third-order valence-corrected chi connectivity index (χ3v) is 3.79. The quantitative estimate of drug-likeness (QED) is 0.763. The Morgan fingerprint density at radius 3 is 2.56 bits per heavy atom. The van der Waals surface area contributed by atoms with Crippen molar-refractivity contribution in [3.63, 3.8) is 0 Å². The van der Waals surface area contributed by atoms with Gasteiger partial charge in [-0.25, -0.2) is 0 Å². The maximum absolute atomic E-state index is 6.52. The number of alkyl halides is 1. The molecule has 1 aromatic rings. The van der Waals surface area contributed by atoms with E-state index in [-0.39, 0.29) is 11.5 Å². The second-order valence-corrected chi connectivity index (χ2v) is 5.58. The molecule has 0 radical (unpaired) electrons. The molecule has 1 saturated heterocycles. The first-order chi connectivity index (χ1) is 8.66. The molecule has 0 spiro atoms. The molecule has 0 amide bonds. The molecule has 1 aliphatic rings. The van der Waals surface area contributed by atoms with E-state index in [9.17, 15) is 0 Å². The summed E-state index contributed by atoms with van der Waals surface area (Å²) in [4.78, 5) is 0. The Balaban J connectivity index is 1.99. The van der Waals surface area contributed by atoms with Gasteiger partial charge in [0.05, 0.1) is 18.1 Å². The van der Waals surface area contributed by atoms with Crippen molar-refractivity contribution in [2.24, 2.45) is 5.92 Å². The summed E-state index contributed by atoms with van der Waals surface area (Å²) in [6, 6.07) is 8.11. The lowest BCUT2D eigenvalue weighted by Gasteiger charge is -2.26. The van der Waals surface area contributed by atoms with Crippen molar-refractivity contribution in [3.05, 3.63) is 29.8 Å². The summed E-state index contributed by atoms with van der Waals surface area (Å²) in [6.07, 6.45) is 2.47. The van der Waals surface area contributed by atoms with Crippen molar-refractivity contribution < 1.29 is 9.47 Å². The number of benzene rings is 1. The second kappa shape index (κ2) is 6.44. The van der Waals surface area contributed by atoms with Gasteiger partial charge in [0.1, 0.15) is 5.75 Å². The Bertz CT molecular complexity index is 355. The molecule has 3 heteroatoms. The average Bonchev–Trinajstić information content (AvgIpc) is 2.39. The highest BCUT2D eigenvalue weighted by Gasteiger charge is 2.23. The van der Waals surface area contributed by atoms with Gasteiger partial charge in [-0.15, -0.1) is 11.6 Å². The maximum Gasteiger partial charge on any atom is 0.119 e. The van der Waals surface area contributed by atoms with Gasteiger partial charge in [0, 0.05) is 12.5 Å². The van der Waals surface area contributed by atoms with E-state index in [0.717, 1.165) is 37.4 Å². The molecule has 100 valence electrons. The fourth-order valence-electron chi connectivity index (χ4n) is 2.27. The topological polar surface area (TPSA) is 18.5 Å². The van der Waals surface area contributed by atoms with Crippen LogP contribution in [0.3, 0.4) is 0 Å². The molecule has 0 saturated carbocycles. The van der Waals surface area contributed by atoms with Crippen molar-refractivity contribution in [3.8, 4) is 5.75 Å². The van der Waals surface area contributed by atoms with Crippen LogP contribution in [0, 0.1) is 5.92 Å². The van der Waals surface area contributed by atoms with Crippen LogP contribution in [-0.4, -0.2) is 19.3 Å². The molecule has 1 heterocycles. The lowest BCUT2D eigenvalue weighted by molar-refractivity contribution is 0.0531. The summed E-state index contributed by atoms with van der Waals surface area (Å²) < 4.78 is 11.1. The predicted molar refractivity (Wildman–Crippen MR) is 74.3 cm³/mol. The number of ether oxygens (including phenoxy) is 2. The molecule has 1 aromatic carbocycles. The molecule has 2 nitrogen and oxygen atoms in total. The van der Waals surface area contributed by atoms with Crippen LogP contribution in [0.2, 0.25) is 0 Å². The van der Waals surface area contributed by atoms with Gasteiger partial charge in [0.2, 0.25) is 0 Å². The minimum atomic E-state index is 0.0402. The van der Waals surface area contributed by atoms with E-state index in [2.05, 4.69) is 12.1 Å². The van der Waals surface area contributed by atoms with Gasteiger partial charge in [0.25, 0.3) is 0 Å². The zero-order valence-electron chi connectivity index (χ0n) is 11.1. The van der Waals surface area contributed by atoms with Crippen molar-refractivity contribution in [1.82, 2.24) is 0 Å². The van der Waals surface area contributed by atoms with E-state index in [4.69, 9.17) is 21.1 Å². The van der Waals surface area contributed by atoms with Crippen LogP contribution in [-0.2, 0) is 4.74 Å². The summed E-state index contributed by atoms with van der Waals surface area (Å²) in [7, 11) is 0. The maximum atomic E-state index is 6.52. The predicted octanol–water partition coefficient (Wildman–Crippen LogP) is 4.18. The summed E-state index contributed by atoms with van der Waals surface area (Å²) in [5.74, 6) is 1.33. The third-order valence-electron chi connectivity index (χ3n) is 3.18. The van der Waals surface area contributed by atoms with Crippen LogP contribution in [0.4, 0.5) is 0 Å². The van der Waals surface area contributed by atoms with Gasteiger partial charge in [-0.1, -0.05) is 12.1 Å². The first-order valence-electron chi connectivity index (χ1n) is 6.65. The first-order valence-corrected chi connectivity index (χ1v) is 7.09. The number of hydrogen-bond acceptors (Lipinski definition) is 2. The van der Waals surface area contributed by atoms with E-state index in [1.807, 2.05) is 26.0 Å². The molecule has 0 bridgehead atoms. The molecule has 1 fully saturated rings. The number of halogens is 1. The van der Waals surface area contributed by atoms with Crippen LogP contribution < -0.4 is 4.74 Å². The zero-order chi connectivity index (χ0) is 13.0. The SMILES string of the molecule is CC(C)Oc1ccc(C(Cl)C2CCCOC2)cc1. The summed E-state index contributed by atoms with van der Waals surface area (Å²) >= 11 is 6.52. The fraction of sp³-hybridized carbons (Fsp3) is 0.600. The zero-order valence-corrected chi connectivity index (χ0v) is 11.8. The largest absolute Gasteiger partial charge is 0.491 e. The third kappa shape index (κ3) is 3.63. The summed E-state index contributed by atoms with van der Waals surface area (Å²) in [5, 5.41) is 0.0402. The van der Waals surface area contributed by atoms with Crippen molar-refractivity contribution in [2.75, 3.05) is 13.2 Å². The molecule has 2 unspecified atom stereocenters. The van der Waals surface area contributed by atoms with Gasteiger partial charge >= 0.3 is 0 Å². The number of rotatable bonds is 4. The van der Waals surface area contributed by atoms with Gasteiger partial charge in [-0.2, -0.15) is 0 Å². The molecule has 0 N–H and O–H groups in total. The monoisotopic (exact) mass is 268 g/mol. The Morgan fingerprint density at radius 1 is 1.28 bits per heavy atom. The molecule has 0 aromatic heterocycles. The van der Waals surface area contributed by atoms with Crippen LogP contribution in [0.5, 0.6) is 5.75 Å². The Labute approximate surface area is 114 Å². The van der Waals surface area contributed by atoms with Crippen molar-refractivity contribution >= 4 is 11.6 Å². The molecule has 18 heavy (non-hydrogen) atoms. The van der Waals surface area contributed by atoms with E-state index in [1.54, 1.807) is 0 Å². The van der Waals surface area contributed by atoms with E-state index < -0.39 is 0 Å². The molecule has 2 atom stereocenters. The van der Waals surface area contributed by atoms with Gasteiger partial charge in [0.15, 0.2) is 0 Å². The van der Waals surface area contributed by atoms with Gasteiger partial charge in [-0.05, 0) is 44.4 Å². The van der Waals surface area contributed by atoms with Crippen LogP contribution in [0.1, 0.15) is 37.6 Å². The summed E-state index contributed by atoms with van der Waals surface area (Å²) in [5.41, 5.74) is 1.16. The highest BCUT2D eigenvalue weighted by atomic mass is 35.5. The first kappa shape index (κ1) is 13.7. The fourth-order valence-corrected chi connectivity index (χ4v) is 2.62. The minimum Gasteiger partial charge on any atom is -0.491 e. The van der Waals surface area contributed by atoms with Crippen LogP contribution in [0.15, 0.2) is 24.3 Å². The lowest BCUT2D eigenvalue weighted by atomic mass is 9.93. The molecular formula is C15H21ClO2. The van der Waals surface area contributed by atoms with Gasteiger partial charge in [-0.3, -0.25) is 0 Å². The summed E-state index contributed by atoms with van der Waals surface area (Å²) in [6.45, 7) is 5.70. The minimum absolute atomic E-state index is 0.0402. The molecular weight excluding hydrogens is 248 g/mol. The lowest BCUT2D eigenvalue weighted by Crippen LogP contribution is -2.21. The van der Waals surface area contributed by atoms with E-state index in [1.165, 1.54) is 0 Å². The van der Waals surface area contributed by atoms with Crippen molar-refractivity contribution in [2.45, 2.75) is 38.2 Å². The Morgan fingerprint density at radius 2 is 2.00 bits per heavy atom. The molecule has 1 aliphatic heterocycles. The van der Waals surface area contributed by atoms with Gasteiger partial charge < -0.3 is 9.47 Å². The van der Waals surface area contributed by atoms with Crippen molar-refractivity contribution in [1.29, 1.82) is 0 Å². The van der Waals surface area contributed by atoms with Crippen LogP contribution in [0.25, 0.3) is 0 Å². The molecule has 0 aliphatic carbocycles. The highest BCUT2D eigenvalue weighted by molar-refractivity contribution is 6.21. The number of hydrogen-bond donors (Lipinski definition) is 0.